The van der Waals surface area contributed by atoms with Crippen molar-refractivity contribution in [3.63, 3.8) is 0 Å². The Balaban J connectivity index is 1.22. The van der Waals surface area contributed by atoms with Gasteiger partial charge in [-0.25, -0.2) is 4.48 Å². The predicted molar refractivity (Wildman–Crippen MR) is 143 cm³/mol. The second-order valence-electron chi connectivity index (χ2n) is 11.5. The summed E-state index contributed by atoms with van der Waals surface area (Å²) in [7, 11) is 3.99. The molecule has 0 bridgehead atoms. The normalized spacial score (nSPS) is 26.2. The fourth-order valence-electron chi connectivity index (χ4n) is 6.36. The molecule has 1 saturated carbocycles. The Morgan fingerprint density at radius 2 is 1.73 bits per heavy atom. The molecule has 5 aliphatic rings. The molecule has 1 spiro atoms. The Hall–Kier alpha value is -2.91. The summed E-state index contributed by atoms with van der Waals surface area (Å²) in [5.74, 6) is 2.09. The number of carbonyl (C=O) groups is 2. The van der Waals surface area contributed by atoms with E-state index in [1.807, 2.05) is 36.2 Å². The van der Waals surface area contributed by atoms with Crippen molar-refractivity contribution >= 4 is 23.5 Å². The predicted octanol–water partition coefficient (Wildman–Crippen LogP) is 2.75. The number of hydrogen-bond donors (Lipinski definition) is 2. The number of hydrogen-bond acceptors (Lipinski definition) is 6. The van der Waals surface area contributed by atoms with E-state index in [1.54, 1.807) is 0 Å². The molecule has 0 aromatic heterocycles. The molecule has 198 valence electrons. The third kappa shape index (κ3) is 4.75. The summed E-state index contributed by atoms with van der Waals surface area (Å²) >= 11 is 0. The van der Waals surface area contributed by atoms with E-state index >= 15 is 0 Å². The Morgan fingerprint density at radius 3 is 2.43 bits per heavy atom. The summed E-state index contributed by atoms with van der Waals surface area (Å²) in [6.45, 7) is 4.59. The van der Waals surface area contributed by atoms with Crippen molar-refractivity contribution in [2.45, 2.75) is 63.6 Å². The topological polar surface area (TPSA) is 80.3 Å². The molecule has 1 aromatic carbocycles. The maximum atomic E-state index is 12.9. The molecule has 9 heteroatoms. The van der Waals surface area contributed by atoms with Crippen LogP contribution in [0.15, 0.2) is 40.8 Å². The van der Waals surface area contributed by atoms with E-state index in [9.17, 15) is 9.59 Å². The molecule has 2 N–H and O–H groups in total. The van der Waals surface area contributed by atoms with E-state index < -0.39 is 0 Å². The van der Waals surface area contributed by atoms with Gasteiger partial charge in [0.05, 0.1) is 6.17 Å². The second kappa shape index (κ2) is 9.76. The molecule has 1 atom stereocenters. The number of rotatable bonds is 4. The van der Waals surface area contributed by atoms with Gasteiger partial charge in [0.25, 0.3) is 5.91 Å². The molecule has 4 aliphatic heterocycles. The van der Waals surface area contributed by atoms with Gasteiger partial charge in [0.2, 0.25) is 5.91 Å². The number of benzene rings is 1. The molecule has 0 radical (unpaired) electrons. The number of likely N-dealkylation sites (N-methyl/N-ethyl adjacent to an activating group) is 1. The SMILES string of the molecule is CN1C(=O)CCN(C2CCCC2)C2=C1C[N+]1(CC1)C(Nc1ccc(C(=O)NC3CCCCN3C)cc1)=N2. The van der Waals surface area contributed by atoms with Gasteiger partial charge in [0.1, 0.15) is 25.3 Å². The Kier molecular flexibility index (Phi) is 6.44. The molecular formula is C28H40N7O2+. The van der Waals surface area contributed by atoms with Crippen LogP contribution in [-0.4, -0.2) is 96.0 Å². The quantitative estimate of drug-likeness (QED) is 0.485. The van der Waals surface area contributed by atoms with Gasteiger partial charge in [-0.2, -0.15) is 4.99 Å². The van der Waals surface area contributed by atoms with Crippen LogP contribution in [0.5, 0.6) is 0 Å². The van der Waals surface area contributed by atoms with Crippen LogP contribution in [0.2, 0.25) is 0 Å². The standard InChI is InChI=1S/C28H39N7O2/c1-32-15-6-5-9-24(32)30-27(37)20-10-12-21(13-11-20)29-28-31-26-23(19-35(28)17-18-35)33(2)25(36)14-16-34(26)22-7-3-4-8-22/h10-13,22,24H,3-9,14-19H2,1-2H3,(H-,29,30,31,37)/p+1. The van der Waals surface area contributed by atoms with Crippen molar-refractivity contribution in [2.75, 3.05) is 52.1 Å². The third-order valence-electron chi connectivity index (χ3n) is 8.99. The first-order valence-electron chi connectivity index (χ1n) is 14.0. The Labute approximate surface area is 219 Å². The molecule has 2 saturated heterocycles. The summed E-state index contributed by atoms with van der Waals surface area (Å²) in [5, 5.41) is 6.78. The minimum atomic E-state index is -0.0251. The van der Waals surface area contributed by atoms with Crippen LogP contribution in [0.1, 0.15) is 61.7 Å². The van der Waals surface area contributed by atoms with Crippen LogP contribution in [0, 0.1) is 0 Å². The summed E-state index contributed by atoms with van der Waals surface area (Å²) in [6, 6.07) is 8.21. The van der Waals surface area contributed by atoms with Gasteiger partial charge in [0.15, 0.2) is 5.82 Å². The zero-order chi connectivity index (χ0) is 25.6. The van der Waals surface area contributed by atoms with Gasteiger partial charge in [-0.1, -0.05) is 12.8 Å². The highest BCUT2D eigenvalue weighted by molar-refractivity contribution is 5.96. The first-order chi connectivity index (χ1) is 17.9. The average Bonchev–Trinajstić information content (AvgIpc) is 3.49. The van der Waals surface area contributed by atoms with Crippen molar-refractivity contribution in [3.8, 4) is 0 Å². The first kappa shape index (κ1) is 24.4. The number of carbonyl (C=O) groups excluding carboxylic acids is 2. The lowest BCUT2D eigenvalue weighted by Crippen LogP contribution is -2.48. The van der Waals surface area contributed by atoms with Gasteiger partial charge >= 0.3 is 5.96 Å². The lowest BCUT2D eigenvalue weighted by atomic mass is 10.1. The lowest BCUT2D eigenvalue weighted by molar-refractivity contribution is -0.696. The van der Waals surface area contributed by atoms with E-state index in [0.29, 0.717) is 18.0 Å². The van der Waals surface area contributed by atoms with Crippen molar-refractivity contribution in [1.29, 1.82) is 0 Å². The van der Waals surface area contributed by atoms with Crippen LogP contribution in [0.3, 0.4) is 0 Å². The zero-order valence-electron chi connectivity index (χ0n) is 22.2. The van der Waals surface area contributed by atoms with Crippen molar-refractivity contribution in [3.05, 3.63) is 41.3 Å². The largest absolute Gasteiger partial charge is 0.351 e. The van der Waals surface area contributed by atoms with Crippen molar-refractivity contribution in [1.82, 2.24) is 20.0 Å². The Bertz CT molecular complexity index is 1120. The van der Waals surface area contributed by atoms with Gasteiger partial charge < -0.3 is 15.1 Å². The number of quaternary nitrogens is 1. The molecule has 6 rings (SSSR count). The highest BCUT2D eigenvalue weighted by atomic mass is 16.2. The fourth-order valence-corrected chi connectivity index (χ4v) is 6.36. The minimum Gasteiger partial charge on any atom is -0.351 e. The number of piperidine rings is 1. The van der Waals surface area contributed by atoms with E-state index in [0.717, 1.165) is 73.2 Å². The van der Waals surface area contributed by atoms with E-state index in [-0.39, 0.29) is 18.0 Å². The Morgan fingerprint density at radius 1 is 1.00 bits per heavy atom. The van der Waals surface area contributed by atoms with Crippen molar-refractivity contribution in [2.24, 2.45) is 4.99 Å². The van der Waals surface area contributed by atoms with Gasteiger partial charge in [0, 0.05) is 37.3 Å². The molecule has 4 heterocycles. The molecule has 1 aliphatic carbocycles. The molecule has 9 nitrogen and oxygen atoms in total. The van der Waals surface area contributed by atoms with Crippen LogP contribution in [0.4, 0.5) is 5.69 Å². The van der Waals surface area contributed by atoms with Crippen LogP contribution >= 0.6 is 0 Å². The number of nitrogens with one attached hydrogen (secondary N) is 2. The van der Waals surface area contributed by atoms with E-state index in [1.165, 1.54) is 32.1 Å². The molecule has 1 unspecified atom stereocenters. The molecule has 37 heavy (non-hydrogen) atoms. The lowest BCUT2D eigenvalue weighted by Gasteiger charge is -2.35. The maximum Gasteiger partial charge on any atom is 0.309 e. The summed E-state index contributed by atoms with van der Waals surface area (Å²) < 4.78 is 0.755. The maximum absolute atomic E-state index is 12.9. The monoisotopic (exact) mass is 506 g/mol. The second-order valence-corrected chi connectivity index (χ2v) is 11.5. The number of nitrogens with zero attached hydrogens (tertiary/aromatic N) is 5. The third-order valence-corrected chi connectivity index (χ3v) is 8.99. The van der Waals surface area contributed by atoms with Gasteiger partial charge in [-0.05, 0) is 70.0 Å². The minimum absolute atomic E-state index is 0.0251. The summed E-state index contributed by atoms with van der Waals surface area (Å²) in [6.07, 6.45) is 8.84. The highest BCUT2D eigenvalue weighted by Gasteiger charge is 2.53. The molecular weight excluding hydrogens is 466 g/mol. The van der Waals surface area contributed by atoms with Crippen LogP contribution in [0.25, 0.3) is 0 Å². The highest BCUT2D eigenvalue weighted by Crippen LogP contribution is 2.38. The van der Waals surface area contributed by atoms with Crippen LogP contribution in [-0.2, 0) is 4.79 Å². The summed E-state index contributed by atoms with van der Waals surface area (Å²) in [5.41, 5.74) is 2.67. The molecule has 1 aromatic rings. The molecule has 2 amide bonds. The van der Waals surface area contributed by atoms with Crippen LogP contribution < -0.4 is 10.6 Å². The first-order valence-corrected chi connectivity index (χ1v) is 14.0. The number of likely N-dealkylation sites (tertiary alicyclic amines) is 1. The number of guanidine groups is 1. The van der Waals surface area contributed by atoms with Gasteiger partial charge in [-0.15, -0.1) is 0 Å². The number of aliphatic imine (C=N–C) groups is 1. The fraction of sp³-hybridized carbons (Fsp3) is 0.607. The van der Waals surface area contributed by atoms with Gasteiger partial charge in [-0.3, -0.25) is 19.8 Å². The molecule has 3 fully saturated rings. The van der Waals surface area contributed by atoms with E-state index in [2.05, 4.69) is 27.5 Å². The summed E-state index contributed by atoms with van der Waals surface area (Å²) in [4.78, 5) is 37.4. The van der Waals surface area contributed by atoms with Crippen molar-refractivity contribution < 1.29 is 14.1 Å². The number of amides is 2. The average molecular weight is 507 g/mol. The smallest absolute Gasteiger partial charge is 0.309 e. The number of anilines is 1. The zero-order valence-corrected chi connectivity index (χ0v) is 22.2. The van der Waals surface area contributed by atoms with E-state index in [4.69, 9.17) is 4.99 Å².